The normalized spacial score (nSPS) is 18.4. The largest absolute Gasteiger partial charge is 0.444 e. The Bertz CT molecular complexity index is 1270. The van der Waals surface area contributed by atoms with E-state index in [1.54, 1.807) is 47.5 Å². The Morgan fingerprint density at radius 2 is 1.87 bits per heavy atom. The molecule has 10 nitrogen and oxygen atoms in total. The van der Waals surface area contributed by atoms with Gasteiger partial charge in [-0.3, -0.25) is 9.48 Å². The Balaban J connectivity index is 1.44. The number of ether oxygens (including phenoxy) is 1. The van der Waals surface area contributed by atoms with Crippen molar-refractivity contribution in [2.45, 2.75) is 70.8 Å². The van der Waals surface area contributed by atoms with Gasteiger partial charge >= 0.3 is 12.3 Å². The fraction of sp³-hybridized carbons (Fsp3) is 0.577. The average molecular weight is 548 g/mol. The van der Waals surface area contributed by atoms with Crippen LogP contribution in [0.15, 0.2) is 18.5 Å². The summed E-state index contributed by atoms with van der Waals surface area (Å²) in [6.07, 6.45) is -0.251. The van der Waals surface area contributed by atoms with Crippen molar-refractivity contribution in [3.63, 3.8) is 0 Å². The molecule has 1 atom stereocenters. The summed E-state index contributed by atoms with van der Waals surface area (Å²) in [7, 11) is 0. The highest BCUT2D eigenvalue weighted by molar-refractivity contribution is 5.82. The van der Waals surface area contributed by atoms with E-state index < -0.39 is 29.0 Å². The first-order valence-electron chi connectivity index (χ1n) is 12.8. The number of halogens is 3. The van der Waals surface area contributed by atoms with Gasteiger partial charge in [0.2, 0.25) is 5.91 Å². The molecule has 1 N–H and O–H groups in total. The zero-order chi connectivity index (χ0) is 28.5. The van der Waals surface area contributed by atoms with Gasteiger partial charge in [-0.25, -0.2) is 9.78 Å². The highest BCUT2D eigenvalue weighted by atomic mass is 19.4. The second-order valence-corrected chi connectivity index (χ2v) is 10.9. The van der Waals surface area contributed by atoms with Gasteiger partial charge < -0.3 is 19.9 Å². The number of carbonyl (C=O) groups is 2. The van der Waals surface area contributed by atoms with Crippen molar-refractivity contribution in [2.75, 3.05) is 31.1 Å². The first-order chi connectivity index (χ1) is 18.3. The number of likely N-dealkylation sites (tertiary alicyclic amines) is 1. The molecule has 2 saturated heterocycles. The third kappa shape index (κ3) is 6.43. The van der Waals surface area contributed by atoms with Gasteiger partial charge in [-0.1, -0.05) is 0 Å². The van der Waals surface area contributed by atoms with Crippen molar-refractivity contribution >= 4 is 17.8 Å². The van der Waals surface area contributed by atoms with E-state index in [2.05, 4.69) is 15.4 Å². The zero-order valence-corrected chi connectivity index (χ0v) is 22.4. The number of pyridine rings is 1. The van der Waals surface area contributed by atoms with Crippen LogP contribution in [0.5, 0.6) is 0 Å². The Morgan fingerprint density at radius 1 is 1.18 bits per heavy atom. The number of nitriles is 1. The van der Waals surface area contributed by atoms with E-state index in [1.165, 1.54) is 6.20 Å². The summed E-state index contributed by atoms with van der Waals surface area (Å²) in [5, 5.41) is 16.4. The van der Waals surface area contributed by atoms with Crippen LogP contribution in [0, 0.1) is 11.3 Å². The van der Waals surface area contributed by atoms with Crippen LogP contribution in [0.4, 0.5) is 23.8 Å². The molecule has 39 heavy (non-hydrogen) atoms. The van der Waals surface area contributed by atoms with Crippen molar-refractivity contribution in [1.29, 1.82) is 5.26 Å². The highest BCUT2D eigenvalue weighted by Gasteiger charge is 2.39. The van der Waals surface area contributed by atoms with E-state index in [1.807, 2.05) is 6.92 Å². The molecule has 0 bridgehead atoms. The van der Waals surface area contributed by atoms with Gasteiger partial charge in [-0.2, -0.15) is 23.5 Å². The third-order valence-corrected chi connectivity index (χ3v) is 6.88. The molecule has 0 spiro atoms. The molecule has 2 aromatic heterocycles. The predicted octanol–water partition coefficient (Wildman–Crippen LogP) is 4.12. The molecule has 2 aromatic rings. The van der Waals surface area contributed by atoms with Crippen molar-refractivity contribution in [2.24, 2.45) is 0 Å². The summed E-state index contributed by atoms with van der Waals surface area (Å²) >= 11 is 0. The molecular formula is C26H32F3N7O3. The van der Waals surface area contributed by atoms with Crippen LogP contribution in [0.3, 0.4) is 0 Å². The van der Waals surface area contributed by atoms with Crippen molar-refractivity contribution in [3.05, 3.63) is 29.6 Å². The van der Waals surface area contributed by atoms with E-state index in [0.29, 0.717) is 38.0 Å². The lowest BCUT2D eigenvalue weighted by Gasteiger charge is -2.40. The number of rotatable bonds is 5. The second kappa shape index (κ2) is 10.7. The van der Waals surface area contributed by atoms with Crippen LogP contribution in [-0.2, 0) is 15.7 Å². The maximum atomic E-state index is 13.9. The fourth-order valence-electron chi connectivity index (χ4n) is 4.68. The molecule has 0 radical (unpaired) electrons. The number of piperidine rings is 1. The molecule has 13 heteroatoms. The average Bonchev–Trinajstić information content (AvgIpc) is 3.35. The summed E-state index contributed by atoms with van der Waals surface area (Å²) in [4.78, 5) is 32.1. The SMILES string of the molecule is C[C@H]1CCN1c1nc(-c2cnn(C3CCN(C(=O)CNC(=O)OC(C)(C)C)CC3)c2)cc(C(F)(F)F)c1C#N. The summed E-state index contributed by atoms with van der Waals surface area (Å²) in [5.74, 6) is -0.185. The van der Waals surface area contributed by atoms with Gasteiger partial charge in [-0.05, 0) is 53.0 Å². The fourth-order valence-corrected chi connectivity index (χ4v) is 4.68. The van der Waals surface area contributed by atoms with Crippen LogP contribution in [0.25, 0.3) is 11.3 Å². The number of amides is 2. The first kappa shape index (κ1) is 28.2. The van der Waals surface area contributed by atoms with Crippen LogP contribution < -0.4 is 10.2 Å². The molecule has 2 amide bonds. The van der Waals surface area contributed by atoms with Crippen LogP contribution in [0.1, 0.15) is 64.1 Å². The monoisotopic (exact) mass is 547 g/mol. The van der Waals surface area contributed by atoms with E-state index >= 15 is 0 Å². The van der Waals surface area contributed by atoms with Crippen LogP contribution in [0.2, 0.25) is 0 Å². The minimum atomic E-state index is -4.71. The number of aromatic nitrogens is 3. The minimum absolute atomic E-state index is 0.00381. The molecule has 0 saturated carbocycles. The Labute approximate surface area is 224 Å². The summed E-state index contributed by atoms with van der Waals surface area (Å²) in [5.41, 5.74) is -1.63. The Kier molecular flexibility index (Phi) is 7.77. The number of hydrogen-bond donors (Lipinski definition) is 1. The lowest BCUT2D eigenvalue weighted by atomic mass is 10.0. The molecule has 2 fully saturated rings. The highest BCUT2D eigenvalue weighted by Crippen LogP contribution is 2.40. The quantitative estimate of drug-likeness (QED) is 0.599. The lowest BCUT2D eigenvalue weighted by Crippen LogP contribution is -2.46. The number of hydrogen-bond acceptors (Lipinski definition) is 7. The van der Waals surface area contributed by atoms with Crippen LogP contribution in [-0.4, -0.2) is 69.5 Å². The smallest absolute Gasteiger partial charge is 0.417 e. The molecule has 2 aliphatic rings. The number of nitrogens with one attached hydrogen (secondary N) is 1. The van der Waals surface area contributed by atoms with Gasteiger partial charge in [0, 0.05) is 37.4 Å². The maximum Gasteiger partial charge on any atom is 0.417 e. The van der Waals surface area contributed by atoms with E-state index in [9.17, 15) is 28.0 Å². The number of alkyl carbamates (subject to hydrolysis) is 1. The third-order valence-electron chi connectivity index (χ3n) is 6.88. The first-order valence-corrected chi connectivity index (χ1v) is 12.8. The summed E-state index contributed by atoms with van der Waals surface area (Å²) in [6, 6.07) is 2.55. The molecular weight excluding hydrogens is 515 g/mol. The molecule has 2 aliphatic heterocycles. The maximum absolute atomic E-state index is 13.9. The zero-order valence-electron chi connectivity index (χ0n) is 22.4. The second-order valence-electron chi connectivity index (χ2n) is 10.9. The molecule has 0 aromatic carbocycles. The van der Waals surface area contributed by atoms with Crippen LogP contribution >= 0.6 is 0 Å². The molecule has 0 aliphatic carbocycles. The van der Waals surface area contributed by atoms with Gasteiger partial charge in [0.15, 0.2) is 0 Å². The lowest BCUT2D eigenvalue weighted by molar-refractivity contribution is -0.137. The molecule has 4 heterocycles. The van der Waals surface area contributed by atoms with Gasteiger partial charge in [0.1, 0.15) is 29.6 Å². The van der Waals surface area contributed by atoms with E-state index in [0.717, 1.165) is 12.5 Å². The Hall–Kier alpha value is -3.82. The number of carbonyl (C=O) groups excluding carboxylic acids is 2. The topological polar surface area (TPSA) is 116 Å². The van der Waals surface area contributed by atoms with E-state index in [-0.39, 0.29) is 36.0 Å². The number of alkyl halides is 3. The molecule has 0 unspecified atom stereocenters. The summed E-state index contributed by atoms with van der Waals surface area (Å²) < 4.78 is 48.5. The van der Waals surface area contributed by atoms with Crippen molar-refractivity contribution in [3.8, 4) is 17.3 Å². The summed E-state index contributed by atoms with van der Waals surface area (Å²) in [6.45, 7) is 8.34. The van der Waals surface area contributed by atoms with Gasteiger partial charge in [-0.15, -0.1) is 0 Å². The van der Waals surface area contributed by atoms with Crippen molar-refractivity contribution < 1.29 is 27.5 Å². The molecule has 4 rings (SSSR count). The number of nitrogens with zero attached hydrogens (tertiary/aromatic N) is 6. The predicted molar refractivity (Wildman–Crippen MR) is 136 cm³/mol. The Morgan fingerprint density at radius 3 is 2.41 bits per heavy atom. The van der Waals surface area contributed by atoms with Crippen molar-refractivity contribution in [1.82, 2.24) is 25.0 Å². The van der Waals surface area contributed by atoms with Gasteiger partial charge in [0.05, 0.1) is 23.5 Å². The standard InChI is InChI=1S/C26H32F3N7O3/c1-16-5-10-35(16)23-19(12-30)20(26(27,28)29)11-21(33-23)17-13-32-36(15-17)18-6-8-34(9-7-18)22(37)14-31-24(38)39-25(2,3)4/h11,13,15-16,18H,5-10,14H2,1-4H3,(H,31,38)/t16-/m0/s1. The molecule has 210 valence electrons. The van der Waals surface area contributed by atoms with Gasteiger partial charge in [0.25, 0.3) is 0 Å². The van der Waals surface area contributed by atoms with E-state index in [4.69, 9.17) is 4.74 Å². The minimum Gasteiger partial charge on any atom is -0.444 e. The number of anilines is 1.